The summed E-state index contributed by atoms with van der Waals surface area (Å²) in [7, 11) is -2.33. The van der Waals surface area contributed by atoms with Gasteiger partial charge in [-0.3, -0.25) is 0 Å². The van der Waals surface area contributed by atoms with Crippen LogP contribution in [0.2, 0.25) is 0 Å². The van der Waals surface area contributed by atoms with Crippen molar-refractivity contribution in [1.82, 2.24) is 8.61 Å². The Balaban J connectivity index is 1.88. The molecule has 2 fully saturated rings. The summed E-state index contributed by atoms with van der Waals surface area (Å²) in [5.41, 5.74) is 0.787. The number of likely N-dealkylation sites (N-methyl/N-ethyl adjacent to an activating group) is 1. The smallest absolute Gasteiger partial charge is 0.494 e. The highest BCUT2D eigenvalue weighted by Crippen LogP contribution is 2.36. The van der Waals surface area contributed by atoms with Crippen molar-refractivity contribution in [3.8, 4) is 5.75 Å². The zero-order valence-corrected chi connectivity index (χ0v) is 17.8. The third-order valence-electron chi connectivity index (χ3n) is 5.78. The summed E-state index contributed by atoms with van der Waals surface area (Å²) in [5, 5.41) is 0. The monoisotopic (exact) mass is 396 g/mol. The van der Waals surface area contributed by atoms with Gasteiger partial charge in [0.2, 0.25) is 0 Å². The molecule has 0 aliphatic carbocycles. The Bertz CT molecular complexity index is 796. The fourth-order valence-electron chi connectivity index (χ4n) is 3.34. The molecule has 0 aromatic heterocycles. The summed E-state index contributed by atoms with van der Waals surface area (Å²) in [5.74, 6) is 0.653. The van der Waals surface area contributed by atoms with E-state index in [1.807, 2.05) is 52.8 Å². The predicted octanol–water partition coefficient (Wildman–Crippen LogP) is 1.38. The minimum absolute atomic E-state index is 0.259. The quantitative estimate of drug-likeness (QED) is 0.704. The van der Waals surface area contributed by atoms with E-state index in [0.717, 1.165) is 11.0 Å². The molecule has 0 spiro atoms. The molecule has 0 radical (unpaired) electrons. The van der Waals surface area contributed by atoms with Crippen molar-refractivity contribution in [3.63, 3.8) is 0 Å². The first kappa shape index (κ1) is 20.6. The Labute approximate surface area is 162 Å². The number of hydrogen-bond donors (Lipinski definition) is 0. The molecule has 0 atom stereocenters. The lowest BCUT2D eigenvalue weighted by Crippen LogP contribution is -2.41. The second kappa shape index (κ2) is 7.04. The van der Waals surface area contributed by atoms with Crippen LogP contribution in [0.1, 0.15) is 40.2 Å². The standard InChI is InChI=1S/C18H29BN2O5S/c1-7-20-10-11-21(27(20,22)23)13-14-12-15(8-9-16(14)24-6)19-25-17(2,3)18(4,5)26-19/h8-9,12H,7,10-11,13H2,1-6H3. The summed E-state index contributed by atoms with van der Waals surface area (Å²) < 4.78 is 45.9. The topological polar surface area (TPSA) is 68.3 Å². The van der Waals surface area contributed by atoms with Gasteiger partial charge in [0.1, 0.15) is 5.75 Å². The van der Waals surface area contributed by atoms with E-state index in [4.69, 9.17) is 14.0 Å². The molecular weight excluding hydrogens is 367 g/mol. The number of methoxy groups -OCH3 is 1. The Morgan fingerprint density at radius 3 is 2.22 bits per heavy atom. The SMILES string of the molecule is CCN1CCN(Cc2cc(B3OC(C)(C)C(C)(C)O3)ccc2OC)S1(=O)=O. The van der Waals surface area contributed by atoms with Crippen molar-refractivity contribution in [2.24, 2.45) is 0 Å². The number of hydrogen-bond acceptors (Lipinski definition) is 5. The zero-order chi connectivity index (χ0) is 20.0. The maximum absolute atomic E-state index is 12.6. The first-order valence-electron chi connectivity index (χ1n) is 9.29. The molecule has 0 unspecified atom stereocenters. The molecular formula is C18H29BN2O5S. The van der Waals surface area contributed by atoms with E-state index in [9.17, 15) is 8.42 Å². The number of ether oxygens (including phenoxy) is 1. The summed E-state index contributed by atoms with van der Waals surface area (Å²) in [6, 6.07) is 5.67. The van der Waals surface area contributed by atoms with E-state index in [1.165, 1.54) is 8.61 Å². The lowest BCUT2D eigenvalue weighted by atomic mass is 9.78. The summed E-state index contributed by atoms with van der Waals surface area (Å²) >= 11 is 0. The third-order valence-corrected chi connectivity index (χ3v) is 7.84. The van der Waals surface area contributed by atoms with E-state index in [-0.39, 0.29) is 6.54 Å². The zero-order valence-electron chi connectivity index (χ0n) is 17.0. The fraction of sp³-hybridized carbons (Fsp3) is 0.667. The summed E-state index contributed by atoms with van der Waals surface area (Å²) in [6.07, 6.45) is 0. The molecule has 2 heterocycles. The van der Waals surface area contributed by atoms with Crippen LogP contribution in [-0.4, -0.2) is 62.1 Å². The normalized spacial score (nSPS) is 24.4. The van der Waals surface area contributed by atoms with Crippen LogP contribution in [0.25, 0.3) is 0 Å². The van der Waals surface area contributed by atoms with E-state index >= 15 is 0 Å². The van der Waals surface area contributed by atoms with E-state index in [0.29, 0.717) is 25.4 Å². The van der Waals surface area contributed by atoms with Gasteiger partial charge in [0.25, 0.3) is 10.2 Å². The maximum Gasteiger partial charge on any atom is 0.494 e. The van der Waals surface area contributed by atoms with Crippen LogP contribution in [-0.2, 0) is 26.1 Å². The lowest BCUT2D eigenvalue weighted by molar-refractivity contribution is 0.00578. The van der Waals surface area contributed by atoms with Gasteiger partial charge in [-0.25, -0.2) is 0 Å². The molecule has 2 aliphatic heterocycles. The van der Waals surface area contributed by atoms with Crippen molar-refractivity contribution in [3.05, 3.63) is 23.8 Å². The largest absolute Gasteiger partial charge is 0.496 e. The molecule has 0 bridgehead atoms. The molecule has 1 aromatic carbocycles. The Morgan fingerprint density at radius 1 is 1.11 bits per heavy atom. The van der Waals surface area contributed by atoms with Gasteiger partial charge >= 0.3 is 7.12 Å². The number of benzene rings is 1. The molecule has 2 aliphatic rings. The predicted molar refractivity (Wildman–Crippen MR) is 105 cm³/mol. The van der Waals surface area contributed by atoms with Gasteiger partial charge in [0.05, 0.1) is 18.3 Å². The highest BCUT2D eigenvalue weighted by Gasteiger charge is 2.51. The minimum atomic E-state index is -3.42. The van der Waals surface area contributed by atoms with Crippen molar-refractivity contribution < 1.29 is 22.5 Å². The van der Waals surface area contributed by atoms with Gasteiger partial charge in [-0.05, 0) is 39.2 Å². The molecule has 7 nitrogen and oxygen atoms in total. The number of rotatable bonds is 5. The van der Waals surface area contributed by atoms with Crippen molar-refractivity contribution >= 4 is 22.8 Å². The van der Waals surface area contributed by atoms with Gasteiger partial charge in [0, 0.05) is 31.7 Å². The van der Waals surface area contributed by atoms with Crippen LogP contribution in [0.15, 0.2) is 18.2 Å². The van der Waals surface area contributed by atoms with E-state index < -0.39 is 28.5 Å². The van der Waals surface area contributed by atoms with Crippen LogP contribution in [0.4, 0.5) is 0 Å². The van der Waals surface area contributed by atoms with Gasteiger partial charge in [0.15, 0.2) is 0 Å². The summed E-state index contributed by atoms with van der Waals surface area (Å²) in [4.78, 5) is 0. The van der Waals surface area contributed by atoms with Crippen LogP contribution in [0.3, 0.4) is 0 Å². The van der Waals surface area contributed by atoms with Gasteiger partial charge in [-0.1, -0.05) is 19.1 Å². The average Bonchev–Trinajstić information content (AvgIpc) is 2.99. The van der Waals surface area contributed by atoms with Gasteiger partial charge < -0.3 is 14.0 Å². The third kappa shape index (κ3) is 3.63. The molecule has 2 saturated heterocycles. The molecule has 3 rings (SSSR count). The van der Waals surface area contributed by atoms with Gasteiger partial charge in [-0.2, -0.15) is 17.0 Å². The summed E-state index contributed by atoms with van der Waals surface area (Å²) in [6.45, 7) is 11.6. The van der Waals surface area contributed by atoms with E-state index in [1.54, 1.807) is 7.11 Å². The van der Waals surface area contributed by atoms with Gasteiger partial charge in [-0.15, -0.1) is 0 Å². The van der Waals surface area contributed by atoms with E-state index in [2.05, 4.69) is 0 Å². The first-order chi connectivity index (χ1) is 12.5. The van der Waals surface area contributed by atoms with Crippen molar-refractivity contribution in [1.29, 1.82) is 0 Å². The first-order valence-corrected chi connectivity index (χ1v) is 10.7. The molecule has 150 valence electrons. The van der Waals surface area contributed by atoms with Crippen LogP contribution in [0.5, 0.6) is 5.75 Å². The molecule has 0 N–H and O–H groups in total. The molecule has 1 aromatic rings. The maximum atomic E-state index is 12.6. The van der Waals surface area contributed by atoms with Crippen LogP contribution < -0.4 is 10.2 Å². The average molecular weight is 396 g/mol. The molecule has 0 amide bonds. The molecule has 27 heavy (non-hydrogen) atoms. The van der Waals surface area contributed by atoms with Crippen molar-refractivity contribution in [2.75, 3.05) is 26.7 Å². The second-order valence-corrected chi connectivity index (χ2v) is 9.92. The van der Waals surface area contributed by atoms with Crippen molar-refractivity contribution in [2.45, 2.75) is 52.4 Å². The Kier molecular flexibility index (Phi) is 5.37. The number of nitrogens with zero attached hydrogens (tertiary/aromatic N) is 2. The Hall–Kier alpha value is -1.13. The lowest BCUT2D eigenvalue weighted by Gasteiger charge is -2.32. The second-order valence-electron chi connectivity index (χ2n) is 7.99. The molecule has 0 saturated carbocycles. The Morgan fingerprint density at radius 2 is 1.70 bits per heavy atom. The highest BCUT2D eigenvalue weighted by molar-refractivity contribution is 7.87. The highest BCUT2D eigenvalue weighted by atomic mass is 32.2. The van der Waals surface area contributed by atoms with Crippen LogP contribution in [0, 0.1) is 0 Å². The van der Waals surface area contributed by atoms with Crippen LogP contribution >= 0.6 is 0 Å². The minimum Gasteiger partial charge on any atom is -0.496 e. The fourth-order valence-corrected chi connectivity index (χ4v) is 4.92. The molecule has 9 heteroatoms.